The molecule has 4 nitrogen and oxygen atoms in total. The number of carbonyl (C=O) groups excluding carboxylic acids is 2. The lowest BCUT2D eigenvalue weighted by atomic mass is 9.33. The Balaban J connectivity index is 1.53. The van der Waals surface area contributed by atoms with Crippen LogP contribution in [0.1, 0.15) is 113 Å². The normalized spacial score (nSPS) is 49.6. The van der Waals surface area contributed by atoms with Gasteiger partial charge in [-0.15, -0.1) is 0 Å². The van der Waals surface area contributed by atoms with Crippen molar-refractivity contribution in [3.05, 3.63) is 11.6 Å². The number of allylic oxidation sites excluding steroid dienone is 2. The summed E-state index contributed by atoms with van der Waals surface area (Å²) in [6.45, 7) is 16.7. The minimum atomic E-state index is -0.496. The molecule has 5 aliphatic rings. The third kappa shape index (κ3) is 3.82. The summed E-state index contributed by atoms with van der Waals surface area (Å²) in [4.78, 5) is 27.7. The predicted octanol–water partition coefficient (Wildman–Crippen LogP) is 7.66. The fourth-order valence-corrected chi connectivity index (χ4v) is 11.0. The third-order valence-corrected chi connectivity index (χ3v) is 14.1. The molecule has 0 amide bonds. The molecule has 0 aromatic heterocycles. The van der Waals surface area contributed by atoms with Gasteiger partial charge in [0.15, 0.2) is 5.78 Å². The van der Waals surface area contributed by atoms with E-state index in [0.717, 1.165) is 69.5 Å². The summed E-state index contributed by atoms with van der Waals surface area (Å²) in [5.74, 6) is 0.829. The number of ether oxygens (including phenoxy) is 1. The molecule has 5 aliphatic carbocycles. The number of hydrogen-bond acceptors (Lipinski definition) is 4. The van der Waals surface area contributed by atoms with Gasteiger partial charge in [-0.1, -0.05) is 63.0 Å². The van der Waals surface area contributed by atoms with E-state index in [2.05, 4.69) is 70.5 Å². The van der Waals surface area contributed by atoms with Gasteiger partial charge in [0.25, 0.3) is 0 Å². The van der Waals surface area contributed by atoms with Crippen LogP contribution in [0, 0.1) is 50.2 Å². The second-order valence-corrected chi connectivity index (χ2v) is 16.6. The molecule has 0 radical (unpaired) electrons. The van der Waals surface area contributed by atoms with Gasteiger partial charge >= 0.3 is 5.97 Å². The Morgan fingerprint density at radius 3 is 2.37 bits per heavy atom. The minimum absolute atomic E-state index is 0.0113. The number of aliphatic hydroxyl groups excluding tert-OH is 1. The van der Waals surface area contributed by atoms with Crippen LogP contribution in [-0.2, 0) is 14.3 Å². The van der Waals surface area contributed by atoms with Crippen molar-refractivity contribution in [2.75, 3.05) is 11.9 Å². The Kier molecular flexibility index (Phi) is 6.95. The van der Waals surface area contributed by atoms with Gasteiger partial charge in [-0.2, -0.15) is 0 Å². The lowest BCUT2D eigenvalue weighted by Crippen LogP contribution is -2.66. The van der Waals surface area contributed by atoms with Gasteiger partial charge in [0, 0.05) is 11.2 Å². The molecule has 5 heteroatoms. The number of alkyl halides is 1. The van der Waals surface area contributed by atoms with Gasteiger partial charge in [0.05, 0.1) is 18.1 Å². The van der Waals surface area contributed by atoms with E-state index in [9.17, 15) is 14.7 Å². The zero-order valence-electron chi connectivity index (χ0n) is 24.9. The van der Waals surface area contributed by atoms with Crippen molar-refractivity contribution in [1.29, 1.82) is 0 Å². The molecule has 0 bridgehead atoms. The van der Waals surface area contributed by atoms with Crippen molar-refractivity contribution in [3.63, 3.8) is 0 Å². The van der Waals surface area contributed by atoms with Gasteiger partial charge in [0.1, 0.15) is 0 Å². The Morgan fingerprint density at radius 1 is 1.00 bits per heavy atom. The van der Waals surface area contributed by atoms with E-state index < -0.39 is 5.41 Å². The average molecular weight is 592 g/mol. The van der Waals surface area contributed by atoms with Crippen LogP contribution in [-0.4, -0.2) is 34.9 Å². The molecule has 0 heterocycles. The summed E-state index contributed by atoms with van der Waals surface area (Å²) in [7, 11) is 0. The maximum absolute atomic E-state index is 14.4. The first-order chi connectivity index (χ1) is 17.6. The first-order valence-electron chi connectivity index (χ1n) is 15.3. The highest BCUT2D eigenvalue weighted by molar-refractivity contribution is 9.09. The molecule has 5 rings (SSSR count). The number of carbonyl (C=O) groups is 2. The Labute approximate surface area is 239 Å². The van der Waals surface area contributed by atoms with Crippen molar-refractivity contribution >= 4 is 27.7 Å². The highest BCUT2D eigenvalue weighted by Crippen LogP contribution is 2.75. The van der Waals surface area contributed by atoms with Crippen molar-refractivity contribution in [3.8, 4) is 0 Å². The number of ketones is 1. The lowest BCUT2D eigenvalue weighted by Gasteiger charge is -2.70. The van der Waals surface area contributed by atoms with E-state index >= 15 is 0 Å². The monoisotopic (exact) mass is 590 g/mol. The zero-order chi connectivity index (χ0) is 27.9. The number of fused-ring (bicyclic) bond motifs is 7. The summed E-state index contributed by atoms with van der Waals surface area (Å²) in [6, 6.07) is 0. The second-order valence-electron chi connectivity index (χ2n) is 15.8. The molecule has 0 aromatic carbocycles. The van der Waals surface area contributed by atoms with Crippen LogP contribution in [0.5, 0.6) is 0 Å². The fourth-order valence-electron chi connectivity index (χ4n) is 10.7. The van der Waals surface area contributed by atoms with Crippen molar-refractivity contribution < 1.29 is 19.4 Å². The molecule has 1 N–H and O–H groups in total. The SMILES string of the molecule is CC1(C)[C@@H](O)CC[C@]2(C)[C@H]3C(=O)C=C4[C@@H]5C[C@@](C)(C(=O)OCCCBr)CC[C@]5(C)CC[C@@]4(C)[C@]3(C)CC[C@@H]12. The van der Waals surface area contributed by atoms with E-state index in [-0.39, 0.29) is 51.0 Å². The smallest absolute Gasteiger partial charge is 0.311 e. The topological polar surface area (TPSA) is 63.6 Å². The van der Waals surface area contributed by atoms with Gasteiger partial charge in [-0.3, -0.25) is 9.59 Å². The first-order valence-corrected chi connectivity index (χ1v) is 16.4. The maximum atomic E-state index is 14.4. The molecule has 4 saturated carbocycles. The van der Waals surface area contributed by atoms with E-state index in [0.29, 0.717) is 18.3 Å². The third-order valence-electron chi connectivity index (χ3n) is 13.6. The largest absolute Gasteiger partial charge is 0.465 e. The second kappa shape index (κ2) is 9.16. The van der Waals surface area contributed by atoms with Gasteiger partial charge in [0.2, 0.25) is 0 Å². The number of halogens is 1. The number of aliphatic hydroxyl groups is 1. The van der Waals surface area contributed by atoms with Gasteiger partial charge in [-0.25, -0.2) is 0 Å². The number of esters is 1. The minimum Gasteiger partial charge on any atom is -0.465 e. The summed E-state index contributed by atoms with van der Waals surface area (Å²) in [6.07, 6.45) is 11.4. The van der Waals surface area contributed by atoms with E-state index in [4.69, 9.17) is 4.74 Å². The Morgan fingerprint density at radius 2 is 1.68 bits per heavy atom. The van der Waals surface area contributed by atoms with Gasteiger partial charge in [-0.05, 0) is 116 Å². The molecule has 0 aromatic rings. The zero-order valence-corrected chi connectivity index (χ0v) is 26.5. The standard InChI is InChI=1S/C33H51BrO4/c1-28(2)24-9-12-33(7)26(31(24,5)11-10-25(28)36)23(35)19-21-22-20-30(4,27(37)38-18-8-17-34)14-13-29(22,3)15-16-32(21,33)6/h19,22,24-26,36H,8-18,20H2,1-7H3/t22-,24-,25-,26+,29+,30-,31-,32+,33+/m0/s1. The van der Waals surface area contributed by atoms with Crippen LogP contribution >= 0.6 is 15.9 Å². The maximum Gasteiger partial charge on any atom is 0.311 e. The molecule has 9 atom stereocenters. The van der Waals surface area contributed by atoms with Crippen LogP contribution in [0.25, 0.3) is 0 Å². The quantitative estimate of drug-likeness (QED) is 0.207. The molecular weight excluding hydrogens is 540 g/mol. The molecule has 0 aliphatic heterocycles. The summed E-state index contributed by atoms with van der Waals surface area (Å²) >= 11 is 3.44. The van der Waals surface area contributed by atoms with Crippen molar-refractivity contribution in [2.45, 2.75) is 119 Å². The highest BCUT2D eigenvalue weighted by atomic mass is 79.9. The predicted molar refractivity (Wildman–Crippen MR) is 155 cm³/mol. The van der Waals surface area contributed by atoms with Crippen LogP contribution in [0.4, 0.5) is 0 Å². The molecule has 0 saturated heterocycles. The van der Waals surface area contributed by atoms with E-state index in [1.807, 2.05) is 0 Å². The summed E-state index contributed by atoms with van der Waals surface area (Å²) in [5, 5.41) is 11.8. The lowest BCUT2D eigenvalue weighted by molar-refractivity contribution is -0.202. The molecule has 38 heavy (non-hydrogen) atoms. The molecule has 214 valence electrons. The molecule has 0 unspecified atom stereocenters. The Bertz CT molecular complexity index is 1030. The summed E-state index contributed by atoms with van der Waals surface area (Å²) < 4.78 is 5.75. The van der Waals surface area contributed by atoms with Gasteiger partial charge < -0.3 is 9.84 Å². The molecule has 4 fully saturated rings. The average Bonchev–Trinajstić information content (AvgIpc) is 2.84. The molecular formula is C33H51BrO4. The van der Waals surface area contributed by atoms with Crippen molar-refractivity contribution in [1.82, 2.24) is 0 Å². The van der Waals surface area contributed by atoms with Crippen LogP contribution < -0.4 is 0 Å². The number of rotatable bonds is 4. The van der Waals surface area contributed by atoms with Crippen LogP contribution in [0.2, 0.25) is 0 Å². The Hall–Kier alpha value is -0.680. The van der Waals surface area contributed by atoms with E-state index in [1.54, 1.807) is 0 Å². The highest BCUT2D eigenvalue weighted by Gasteiger charge is 2.70. The van der Waals surface area contributed by atoms with Crippen LogP contribution in [0.15, 0.2) is 11.6 Å². The number of hydrogen-bond donors (Lipinski definition) is 1. The van der Waals surface area contributed by atoms with Crippen LogP contribution in [0.3, 0.4) is 0 Å². The van der Waals surface area contributed by atoms with Crippen molar-refractivity contribution in [2.24, 2.45) is 50.2 Å². The van der Waals surface area contributed by atoms with E-state index in [1.165, 1.54) is 5.57 Å². The first kappa shape index (κ1) is 28.8. The molecule has 0 spiro atoms. The summed E-state index contributed by atoms with van der Waals surface area (Å²) in [5.41, 5.74) is 0.535. The fraction of sp³-hybridized carbons (Fsp3) is 0.879.